The fourth-order valence-electron chi connectivity index (χ4n) is 1.99. The van der Waals surface area contributed by atoms with Crippen LogP contribution >= 0.6 is 0 Å². The van der Waals surface area contributed by atoms with E-state index >= 15 is 0 Å². The first kappa shape index (κ1) is 23.3. The average molecular weight is 370 g/mol. The first-order chi connectivity index (χ1) is 10.7. The van der Waals surface area contributed by atoms with Crippen LogP contribution in [0.15, 0.2) is 23.4 Å². The third kappa shape index (κ3) is 7.95. The quantitative estimate of drug-likeness (QED) is 0.333. The first-order valence-electron chi connectivity index (χ1n) is 9.07. The number of rotatable bonds is 8. The molecule has 0 bridgehead atoms. The van der Waals surface area contributed by atoms with Crippen molar-refractivity contribution in [3.8, 4) is 0 Å². The molecular weight excluding hydrogens is 330 g/mol. The molecule has 0 heterocycles. The van der Waals surface area contributed by atoms with Gasteiger partial charge in [-0.3, -0.25) is 4.79 Å². The summed E-state index contributed by atoms with van der Waals surface area (Å²) in [7, 11) is -3.22. The van der Waals surface area contributed by atoms with Crippen molar-refractivity contribution in [3.63, 3.8) is 0 Å². The van der Waals surface area contributed by atoms with Crippen molar-refractivity contribution in [1.29, 1.82) is 0 Å². The van der Waals surface area contributed by atoms with Crippen molar-refractivity contribution in [1.82, 2.24) is 4.90 Å². The van der Waals surface area contributed by atoms with Crippen LogP contribution in [0.4, 0.5) is 0 Å². The van der Waals surface area contributed by atoms with E-state index in [1.165, 1.54) is 0 Å². The number of amides is 1. The highest BCUT2D eigenvalue weighted by atomic mass is 28.4. The van der Waals surface area contributed by atoms with Gasteiger partial charge < -0.3 is 9.33 Å². The van der Waals surface area contributed by atoms with Gasteiger partial charge in [0.2, 0.25) is 0 Å². The molecule has 0 N–H and O–H groups in total. The largest absolute Gasteiger partial charge is 0.413 e. The van der Waals surface area contributed by atoms with Crippen LogP contribution in [0.3, 0.4) is 0 Å². The smallest absolute Gasteiger partial charge is 0.253 e. The Morgan fingerprint density at radius 2 is 1.54 bits per heavy atom. The summed E-state index contributed by atoms with van der Waals surface area (Å²) in [5.74, 6) is 0.131. The molecular formula is C19H39NO2Si2. The maximum absolute atomic E-state index is 12.7. The van der Waals surface area contributed by atoms with Gasteiger partial charge in [0.05, 0.1) is 14.7 Å². The van der Waals surface area contributed by atoms with Crippen molar-refractivity contribution < 1.29 is 9.22 Å². The molecule has 0 saturated heterocycles. The fraction of sp³-hybridized carbons (Fsp3) is 0.737. The molecule has 0 aliphatic carbocycles. The van der Waals surface area contributed by atoms with Gasteiger partial charge in [-0.05, 0) is 32.0 Å². The van der Waals surface area contributed by atoms with Crippen molar-refractivity contribution in [2.45, 2.75) is 72.4 Å². The Hall–Kier alpha value is -0.656. The van der Waals surface area contributed by atoms with Gasteiger partial charge >= 0.3 is 0 Å². The third-order valence-corrected chi connectivity index (χ3v) is 10.2. The van der Waals surface area contributed by atoms with Crippen LogP contribution in [-0.4, -0.2) is 46.9 Å². The van der Waals surface area contributed by atoms with E-state index in [2.05, 4.69) is 59.2 Å². The summed E-state index contributed by atoms with van der Waals surface area (Å²) in [5.41, 5.74) is 3.01. The lowest BCUT2D eigenvalue weighted by Crippen LogP contribution is -2.40. The second-order valence-corrected chi connectivity index (χ2v) is 18.7. The number of hydrogen-bond acceptors (Lipinski definition) is 2. The monoisotopic (exact) mass is 369 g/mol. The molecule has 0 aromatic carbocycles. The maximum Gasteiger partial charge on any atom is 0.253 e. The Morgan fingerprint density at radius 1 is 1.04 bits per heavy atom. The molecule has 0 aliphatic rings. The number of likely N-dealkylation sites (N-methyl/N-ethyl adjacent to an activating group) is 1. The lowest BCUT2D eigenvalue weighted by atomic mass is 10.2. The molecule has 0 saturated carbocycles. The molecule has 0 aliphatic heterocycles. The Labute approximate surface area is 152 Å². The summed E-state index contributed by atoms with van der Waals surface area (Å²) in [6, 6.07) is 0. The second-order valence-electron chi connectivity index (χ2n) is 8.92. The number of hydrogen-bond donors (Lipinski definition) is 0. The molecule has 1 amide bonds. The Balaban J connectivity index is 5.17. The van der Waals surface area contributed by atoms with Crippen molar-refractivity contribution in [3.05, 3.63) is 23.4 Å². The van der Waals surface area contributed by atoms with Crippen LogP contribution in [0.1, 0.15) is 34.6 Å². The maximum atomic E-state index is 12.7. The van der Waals surface area contributed by atoms with E-state index in [9.17, 15) is 4.79 Å². The zero-order valence-electron chi connectivity index (χ0n) is 17.6. The fourth-order valence-corrected chi connectivity index (χ4v) is 4.09. The average Bonchev–Trinajstić information content (AvgIpc) is 2.40. The molecule has 24 heavy (non-hydrogen) atoms. The van der Waals surface area contributed by atoms with E-state index in [0.29, 0.717) is 6.61 Å². The highest BCUT2D eigenvalue weighted by Gasteiger charge is 2.36. The van der Waals surface area contributed by atoms with Crippen LogP contribution in [-0.2, 0) is 9.22 Å². The van der Waals surface area contributed by atoms with Crippen molar-refractivity contribution >= 4 is 22.3 Å². The van der Waals surface area contributed by atoms with E-state index in [1.54, 1.807) is 0 Å². The molecule has 0 fully saturated rings. The molecule has 3 nitrogen and oxygen atoms in total. The zero-order chi connectivity index (χ0) is 19.2. The Kier molecular flexibility index (Phi) is 8.90. The van der Waals surface area contributed by atoms with Crippen molar-refractivity contribution in [2.24, 2.45) is 0 Å². The summed E-state index contributed by atoms with van der Waals surface area (Å²) in [5, 5.41) is 0.203. The van der Waals surface area contributed by atoms with E-state index in [-0.39, 0.29) is 10.9 Å². The van der Waals surface area contributed by atoms with Gasteiger partial charge in [0.1, 0.15) is 0 Å². The highest BCUT2D eigenvalue weighted by Crippen LogP contribution is 2.36. The van der Waals surface area contributed by atoms with E-state index in [1.807, 2.05) is 30.9 Å². The van der Waals surface area contributed by atoms with Gasteiger partial charge in [-0.1, -0.05) is 58.3 Å². The van der Waals surface area contributed by atoms with Gasteiger partial charge in [0.15, 0.2) is 8.32 Å². The van der Waals surface area contributed by atoms with Crippen LogP contribution in [0.5, 0.6) is 0 Å². The van der Waals surface area contributed by atoms with E-state index in [4.69, 9.17) is 4.43 Å². The molecule has 0 atom stereocenters. The SMILES string of the molecule is CCN(CC)C(=O)C(C=CCO[Si](C)(C)C(C)(C)C)=C[Si](C)(C)C. The number of nitrogens with zero attached hydrogens (tertiary/aromatic N) is 1. The lowest BCUT2D eigenvalue weighted by molar-refractivity contribution is -0.126. The standard InChI is InChI=1S/C19H39NO2Si2/c1-11-20(12-2)18(21)17(16-23(6,7)8)14-13-15-22-24(9,10)19(3,4)5/h13-14,16H,11-12,15H2,1-10H3. The predicted molar refractivity (Wildman–Crippen MR) is 112 cm³/mol. The summed E-state index contributed by atoms with van der Waals surface area (Å²) >= 11 is 0. The topological polar surface area (TPSA) is 29.5 Å². The van der Waals surface area contributed by atoms with Gasteiger partial charge in [-0.2, -0.15) is 0 Å². The number of carbonyl (C=O) groups excluding carboxylic acids is 1. The minimum absolute atomic E-state index is 0.131. The predicted octanol–water partition coefficient (Wildman–Crippen LogP) is 5.24. The normalized spacial score (nSPS) is 14.3. The summed E-state index contributed by atoms with van der Waals surface area (Å²) < 4.78 is 6.18. The van der Waals surface area contributed by atoms with Crippen molar-refractivity contribution in [2.75, 3.05) is 19.7 Å². The molecule has 0 aromatic rings. The molecule has 140 valence electrons. The van der Waals surface area contributed by atoms with Crippen LogP contribution in [0.2, 0.25) is 37.8 Å². The van der Waals surface area contributed by atoms with Gasteiger partial charge in [0.25, 0.3) is 5.91 Å². The van der Waals surface area contributed by atoms with E-state index in [0.717, 1.165) is 18.7 Å². The third-order valence-electron chi connectivity index (χ3n) is 4.53. The molecule has 0 aromatic heterocycles. The Morgan fingerprint density at radius 3 is 1.92 bits per heavy atom. The van der Waals surface area contributed by atoms with Crippen LogP contribution in [0.25, 0.3) is 0 Å². The summed E-state index contributed by atoms with van der Waals surface area (Å²) in [6.07, 6.45) is 3.97. The molecule has 0 unspecified atom stereocenters. The minimum atomic E-state index is -1.74. The zero-order valence-corrected chi connectivity index (χ0v) is 19.6. The lowest BCUT2D eigenvalue weighted by Gasteiger charge is -2.35. The summed E-state index contributed by atoms with van der Waals surface area (Å²) in [4.78, 5) is 14.6. The minimum Gasteiger partial charge on any atom is -0.413 e. The van der Waals surface area contributed by atoms with Gasteiger partial charge in [-0.25, -0.2) is 0 Å². The molecule has 0 spiro atoms. The van der Waals surface area contributed by atoms with Crippen LogP contribution < -0.4 is 0 Å². The van der Waals surface area contributed by atoms with Gasteiger partial charge in [-0.15, -0.1) is 0 Å². The second kappa shape index (κ2) is 9.16. The van der Waals surface area contributed by atoms with Gasteiger partial charge in [0, 0.05) is 18.7 Å². The summed E-state index contributed by atoms with van der Waals surface area (Å²) in [6.45, 7) is 24.1. The number of carbonyl (C=O) groups is 1. The molecule has 0 radical (unpaired) electrons. The highest BCUT2D eigenvalue weighted by molar-refractivity contribution is 6.81. The van der Waals surface area contributed by atoms with Crippen LogP contribution in [0, 0.1) is 0 Å². The molecule has 0 rings (SSSR count). The Bertz CT molecular complexity index is 465. The first-order valence-corrected chi connectivity index (χ1v) is 15.6. The molecule has 5 heteroatoms. The van der Waals surface area contributed by atoms with E-state index < -0.39 is 16.4 Å².